The van der Waals surface area contributed by atoms with Gasteiger partial charge >= 0.3 is 0 Å². The van der Waals surface area contributed by atoms with Crippen LogP contribution in [-0.2, 0) is 6.54 Å². The van der Waals surface area contributed by atoms with Gasteiger partial charge in [0.1, 0.15) is 0 Å². The number of aliphatic imine (C=N–C) groups is 1. The summed E-state index contributed by atoms with van der Waals surface area (Å²) in [6.45, 7) is 0.546. The molecule has 0 aliphatic heterocycles. The zero-order chi connectivity index (χ0) is 19.9. The maximum Gasteiger partial charge on any atom is 0.166 e. The van der Waals surface area contributed by atoms with E-state index in [4.69, 9.17) is 14.5 Å². The Morgan fingerprint density at radius 2 is 1.68 bits per heavy atom. The van der Waals surface area contributed by atoms with Gasteiger partial charge in [0.25, 0.3) is 0 Å². The van der Waals surface area contributed by atoms with Gasteiger partial charge in [-0.05, 0) is 31.0 Å². The fourth-order valence-corrected chi connectivity index (χ4v) is 3.63. The Labute approximate surface area is 165 Å². The minimum Gasteiger partial charge on any atom is -0.504 e. The van der Waals surface area contributed by atoms with E-state index in [0.717, 1.165) is 31.2 Å². The average molecular weight is 384 g/mol. The maximum absolute atomic E-state index is 10.3. The van der Waals surface area contributed by atoms with E-state index in [-0.39, 0.29) is 23.6 Å². The largest absolute Gasteiger partial charge is 0.504 e. The van der Waals surface area contributed by atoms with Crippen LogP contribution in [0.15, 0.2) is 41.4 Å². The molecule has 0 unspecified atom stereocenters. The fraction of sp³-hybridized carbons (Fsp3) is 0.409. The second kappa shape index (κ2) is 9.46. The van der Waals surface area contributed by atoms with Gasteiger partial charge in [-0.3, -0.25) is 4.99 Å². The van der Waals surface area contributed by atoms with E-state index in [0.29, 0.717) is 23.6 Å². The number of rotatable bonds is 7. The molecule has 1 saturated carbocycles. The summed E-state index contributed by atoms with van der Waals surface area (Å²) >= 11 is 0. The van der Waals surface area contributed by atoms with Crippen LogP contribution in [-0.4, -0.2) is 42.7 Å². The summed E-state index contributed by atoms with van der Waals surface area (Å²) in [6.07, 6.45) is 6.03. The first-order chi connectivity index (χ1) is 13.6. The lowest BCUT2D eigenvalue weighted by Gasteiger charge is -2.30. The molecule has 6 nitrogen and oxygen atoms in total. The number of phenolic OH excluding ortho intramolecular Hbond substituents is 2. The summed E-state index contributed by atoms with van der Waals surface area (Å²) in [6, 6.07) is 11.2. The standard InChI is InChI=1S/C22H28N2O4/c1-27-19-11-5-7-15(21(19)25)13-23-17-9-3-4-10-18(17)24-14-16-8-6-12-20(28-2)22(16)26/h5-8,11-13,17-18,24-26H,3-4,9-10,14H2,1-2H3/t17-,18-/m1/s1. The topological polar surface area (TPSA) is 83.3 Å². The highest BCUT2D eigenvalue weighted by Gasteiger charge is 2.24. The van der Waals surface area contributed by atoms with E-state index in [1.54, 1.807) is 25.5 Å². The normalized spacial score (nSPS) is 19.6. The van der Waals surface area contributed by atoms with Crippen molar-refractivity contribution in [2.24, 2.45) is 4.99 Å². The van der Waals surface area contributed by atoms with Gasteiger partial charge in [0.15, 0.2) is 23.0 Å². The highest BCUT2D eigenvalue weighted by molar-refractivity contribution is 5.84. The third kappa shape index (κ3) is 4.57. The van der Waals surface area contributed by atoms with Gasteiger partial charge in [-0.25, -0.2) is 0 Å². The summed E-state index contributed by atoms with van der Waals surface area (Å²) in [5.74, 6) is 1.20. The van der Waals surface area contributed by atoms with Crippen LogP contribution in [0.2, 0.25) is 0 Å². The summed E-state index contributed by atoms with van der Waals surface area (Å²) in [5, 5.41) is 24.1. The van der Waals surface area contributed by atoms with Gasteiger partial charge in [0.05, 0.1) is 20.3 Å². The minimum atomic E-state index is 0.107. The molecular formula is C22H28N2O4. The first kappa shape index (κ1) is 20.0. The second-order valence-corrected chi connectivity index (χ2v) is 6.98. The smallest absolute Gasteiger partial charge is 0.166 e. The number of methoxy groups -OCH3 is 2. The summed E-state index contributed by atoms with van der Waals surface area (Å²) in [7, 11) is 3.08. The van der Waals surface area contributed by atoms with Crippen molar-refractivity contribution in [3.8, 4) is 23.0 Å². The molecule has 3 rings (SSSR count). The third-order valence-corrected chi connectivity index (χ3v) is 5.24. The van der Waals surface area contributed by atoms with Gasteiger partial charge in [-0.1, -0.05) is 31.0 Å². The summed E-state index contributed by atoms with van der Waals surface area (Å²) < 4.78 is 10.3. The van der Waals surface area contributed by atoms with Crippen molar-refractivity contribution < 1.29 is 19.7 Å². The van der Waals surface area contributed by atoms with E-state index in [9.17, 15) is 10.2 Å². The molecule has 1 aliphatic carbocycles. The maximum atomic E-state index is 10.3. The molecule has 1 fully saturated rings. The van der Waals surface area contributed by atoms with Crippen LogP contribution >= 0.6 is 0 Å². The molecule has 2 aromatic carbocycles. The van der Waals surface area contributed by atoms with E-state index in [1.807, 2.05) is 24.3 Å². The predicted molar refractivity (Wildman–Crippen MR) is 110 cm³/mol. The molecule has 2 atom stereocenters. The minimum absolute atomic E-state index is 0.107. The van der Waals surface area contributed by atoms with Crippen molar-refractivity contribution in [1.82, 2.24) is 5.32 Å². The number of hydrogen-bond acceptors (Lipinski definition) is 6. The van der Waals surface area contributed by atoms with E-state index in [1.165, 1.54) is 7.11 Å². The Bertz CT molecular complexity index is 822. The van der Waals surface area contributed by atoms with Crippen molar-refractivity contribution in [2.75, 3.05) is 14.2 Å². The molecule has 6 heteroatoms. The molecule has 0 radical (unpaired) electrons. The number of nitrogens with zero attached hydrogens (tertiary/aromatic N) is 1. The highest BCUT2D eigenvalue weighted by Crippen LogP contribution is 2.31. The number of benzene rings is 2. The van der Waals surface area contributed by atoms with Crippen LogP contribution in [0, 0.1) is 0 Å². The average Bonchev–Trinajstić information content (AvgIpc) is 2.73. The molecular weight excluding hydrogens is 356 g/mol. The number of para-hydroxylation sites is 2. The Kier molecular flexibility index (Phi) is 6.76. The van der Waals surface area contributed by atoms with Crippen LogP contribution in [0.5, 0.6) is 23.0 Å². The zero-order valence-electron chi connectivity index (χ0n) is 16.4. The fourth-order valence-electron chi connectivity index (χ4n) is 3.63. The Hall–Kier alpha value is -2.73. The molecule has 0 bridgehead atoms. The van der Waals surface area contributed by atoms with Crippen LogP contribution in [0.3, 0.4) is 0 Å². The predicted octanol–water partition coefficient (Wildman–Crippen LogP) is 3.63. The molecule has 0 amide bonds. The Morgan fingerprint density at radius 3 is 2.43 bits per heavy atom. The third-order valence-electron chi connectivity index (χ3n) is 5.24. The van der Waals surface area contributed by atoms with Crippen molar-refractivity contribution >= 4 is 6.21 Å². The van der Waals surface area contributed by atoms with E-state index < -0.39 is 0 Å². The van der Waals surface area contributed by atoms with Gasteiger partial charge in [0.2, 0.25) is 0 Å². The monoisotopic (exact) mass is 384 g/mol. The molecule has 0 spiro atoms. The van der Waals surface area contributed by atoms with E-state index >= 15 is 0 Å². The van der Waals surface area contributed by atoms with Crippen molar-refractivity contribution in [2.45, 2.75) is 44.3 Å². The van der Waals surface area contributed by atoms with Crippen LogP contribution in [0.25, 0.3) is 0 Å². The van der Waals surface area contributed by atoms with Crippen molar-refractivity contribution in [3.05, 3.63) is 47.5 Å². The lowest BCUT2D eigenvalue weighted by atomic mass is 9.90. The Balaban J connectivity index is 1.69. The molecule has 0 aromatic heterocycles. The quantitative estimate of drug-likeness (QED) is 0.635. The van der Waals surface area contributed by atoms with E-state index in [2.05, 4.69) is 5.32 Å². The second-order valence-electron chi connectivity index (χ2n) is 6.98. The Morgan fingerprint density at radius 1 is 1.00 bits per heavy atom. The van der Waals surface area contributed by atoms with Gasteiger partial charge < -0.3 is 25.0 Å². The number of nitrogens with one attached hydrogen (secondary N) is 1. The molecule has 0 saturated heterocycles. The van der Waals surface area contributed by atoms with Crippen molar-refractivity contribution in [3.63, 3.8) is 0 Å². The van der Waals surface area contributed by atoms with Gasteiger partial charge in [-0.2, -0.15) is 0 Å². The van der Waals surface area contributed by atoms with Crippen LogP contribution < -0.4 is 14.8 Å². The summed E-state index contributed by atoms with van der Waals surface area (Å²) in [5.41, 5.74) is 1.45. The number of hydrogen-bond donors (Lipinski definition) is 3. The number of ether oxygens (including phenoxy) is 2. The lowest BCUT2D eigenvalue weighted by Crippen LogP contribution is -2.40. The van der Waals surface area contributed by atoms with Gasteiger partial charge in [0, 0.05) is 29.9 Å². The SMILES string of the molecule is COc1cccc(C=N[C@@H]2CCCC[C@H]2NCc2cccc(OC)c2O)c1O. The molecule has 0 heterocycles. The molecule has 28 heavy (non-hydrogen) atoms. The first-order valence-corrected chi connectivity index (χ1v) is 9.61. The molecule has 1 aliphatic rings. The number of phenols is 2. The van der Waals surface area contributed by atoms with Crippen LogP contribution in [0.4, 0.5) is 0 Å². The molecule has 3 N–H and O–H groups in total. The lowest BCUT2D eigenvalue weighted by molar-refractivity contribution is 0.325. The molecule has 150 valence electrons. The van der Waals surface area contributed by atoms with Gasteiger partial charge in [-0.15, -0.1) is 0 Å². The molecule has 2 aromatic rings. The summed E-state index contributed by atoms with van der Waals surface area (Å²) in [4.78, 5) is 4.75. The first-order valence-electron chi connectivity index (χ1n) is 9.61. The highest BCUT2D eigenvalue weighted by atomic mass is 16.5. The van der Waals surface area contributed by atoms with Crippen molar-refractivity contribution in [1.29, 1.82) is 0 Å². The van der Waals surface area contributed by atoms with Crippen LogP contribution in [0.1, 0.15) is 36.8 Å². The zero-order valence-corrected chi connectivity index (χ0v) is 16.4. The number of aromatic hydroxyl groups is 2.